The highest BCUT2D eigenvalue weighted by atomic mass is 79.9. The Morgan fingerprint density at radius 1 is 1.33 bits per heavy atom. The quantitative estimate of drug-likeness (QED) is 0.708. The van der Waals surface area contributed by atoms with Gasteiger partial charge >= 0.3 is 5.97 Å². The van der Waals surface area contributed by atoms with Gasteiger partial charge in [-0.1, -0.05) is 0 Å². The molecule has 0 heterocycles. The van der Waals surface area contributed by atoms with E-state index in [4.69, 9.17) is 4.74 Å². The van der Waals surface area contributed by atoms with E-state index in [2.05, 4.69) is 20.7 Å². The van der Waals surface area contributed by atoms with E-state index >= 15 is 0 Å². The fourth-order valence-electron chi connectivity index (χ4n) is 1.35. The van der Waals surface area contributed by atoms with Crippen LogP contribution in [0.5, 0.6) is 11.5 Å². The summed E-state index contributed by atoms with van der Waals surface area (Å²) < 4.78 is 9.49. The minimum atomic E-state index is -1.71. The zero-order valence-corrected chi connectivity index (χ0v) is 11.3. The van der Waals surface area contributed by atoms with Crippen molar-refractivity contribution in [2.75, 3.05) is 14.2 Å². The fraction of sp³-hybridized carbons (Fsp3) is 0.364. The first-order chi connectivity index (χ1) is 8.42. The monoisotopic (exact) mass is 320 g/mol. The van der Waals surface area contributed by atoms with E-state index in [1.165, 1.54) is 19.2 Å². The Bertz CT molecular complexity index is 447. The van der Waals surface area contributed by atoms with Gasteiger partial charge in [0.25, 0.3) is 0 Å². The van der Waals surface area contributed by atoms with Crippen molar-refractivity contribution in [3.05, 3.63) is 22.2 Å². The molecular weight excluding hydrogens is 308 g/mol. The smallest absolute Gasteiger partial charge is 0.337 e. The molecule has 1 aromatic carbocycles. The number of esters is 1. The number of hydrogen-bond donors (Lipinski definition) is 3. The Kier molecular flexibility index (Phi) is 4.94. The largest absolute Gasteiger partial charge is 0.503 e. The summed E-state index contributed by atoms with van der Waals surface area (Å²) in [6, 6.07) is 2.69. The highest BCUT2D eigenvalue weighted by molar-refractivity contribution is 9.10. The van der Waals surface area contributed by atoms with E-state index in [1.807, 2.05) is 0 Å². The molecule has 1 aromatic rings. The summed E-state index contributed by atoms with van der Waals surface area (Å²) >= 11 is 3.07. The Balaban J connectivity index is 3.10. The van der Waals surface area contributed by atoms with E-state index in [0.717, 1.165) is 7.11 Å². The highest BCUT2D eigenvalue weighted by Gasteiger charge is 2.27. The van der Waals surface area contributed by atoms with Crippen LogP contribution in [0, 0.1) is 0 Å². The van der Waals surface area contributed by atoms with Crippen LogP contribution in [0.2, 0.25) is 0 Å². The average Bonchev–Trinajstić information content (AvgIpc) is 2.38. The number of carbonyl (C=O) groups is 1. The van der Waals surface area contributed by atoms with Gasteiger partial charge in [-0.15, -0.1) is 0 Å². The summed E-state index contributed by atoms with van der Waals surface area (Å²) in [6.45, 7) is 0. The number of halogens is 1. The second-order valence-electron chi connectivity index (χ2n) is 3.47. The highest BCUT2D eigenvalue weighted by Crippen LogP contribution is 2.37. The van der Waals surface area contributed by atoms with Crippen molar-refractivity contribution in [3.63, 3.8) is 0 Å². The number of hydrogen-bond acceptors (Lipinski definition) is 6. The number of aliphatic hydroxyl groups excluding tert-OH is 2. The molecule has 3 N–H and O–H groups in total. The molecule has 0 aliphatic rings. The lowest BCUT2D eigenvalue weighted by molar-refractivity contribution is -0.156. The summed E-state index contributed by atoms with van der Waals surface area (Å²) in [6.07, 6.45) is -3.20. The molecule has 0 saturated heterocycles. The Hall–Kier alpha value is -1.31. The molecule has 0 aliphatic heterocycles. The summed E-state index contributed by atoms with van der Waals surface area (Å²) in [5.41, 5.74) is 0.203. The minimum Gasteiger partial charge on any atom is -0.503 e. The topological polar surface area (TPSA) is 96.2 Å². The number of methoxy groups -OCH3 is 2. The van der Waals surface area contributed by atoms with Gasteiger partial charge in [-0.25, -0.2) is 4.79 Å². The van der Waals surface area contributed by atoms with Crippen LogP contribution in [0.25, 0.3) is 0 Å². The van der Waals surface area contributed by atoms with Crippen LogP contribution in [0.3, 0.4) is 0 Å². The van der Waals surface area contributed by atoms with Crippen molar-refractivity contribution < 1.29 is 29.6 Å². The molecule has 2 atom stereocenters. The summed E-state index contributed by atoms with van der Waals surface area (Å²) in [7, 11) is 2.44. The maximum absolute atomic E-state index is 11.1. The molecule has 6 nitrogen and oxygen atoms in total. The Morgan fingerprint density at radius 2 is 1.94 bits per heavy atom. The van der Waals surface area contributed by atoms with Gasteiger partial charge in [-0.3, -0.25) is 0 Å². The predicted octanol–water partition coefficient (Wildman–Crippen LogP) is 0.731. The minimum absolute atomic E-state index is 0.107. The molecule has 0 aromatic heterocycles. The van der Waals surface area contributed by atoms with Gasteiger partial charge < -0.3 is 24.8 Å². The van der Waals surface area contributed by atoms with Gasteiger partial charge in [0.1, 0.15) is 6.10 Å². The molecule has 1 rings (SSSR count). The van der Waals surface area contributed by atoms with Gasteiger partial charge in [0.05, 0.1) is 18.7 Å². The lowest BCUT2D eigenvalue weighted by atomic mass is 10.0. The number of phenols is 1. The third-order valence-corrected chi connectivity index (χ3v) is 2.96. The molecule has 7 heteroatoms. The predicted molar refractivity (Wildman–Crippen MR) is 65.3 cm³/mol. The second-order valence-corrected chi connectivity index (χ2v) is 4.32. The second kappa shape index (κ2) is 6.03. The van der Waals surface area contributed by atoms with Crippen LogP contribution < -0.4 is 4.74 Å². The van der Waals surface area contributed by atoms with Crippen molar-refractivity contribution in [2.24, 2.45) is 0 Å². The van der Waals surface area contributed by atoms with Crippen molar-refractivity contribution in [3.8, 4) is 11.5 Å². The normalized spacial score (nSPS) is 13.8. The third-order valence-electron chi connectivity index (χ3n) is 2.35. The zero-order valence-electron chi connectivity index (χ0n) is 9.75. The molecule has 0 saturated carbocycles. The standard InChI is InChI=1S/C11H13BrO6/c1-17-7-4-5(3-6(12)9(7)14)8(13)10(15)11(16)18-2/h3-4,8,10,13-15H,1-2H3. The molecule has 0 amide bonds. The molecule has 0 aliphatic carbocycles. The van der Waals surface area contributed by atoms with Crippen molar-refractivity contribution in [1.82, 2.24) is 0 Å². The van der Waals surface area contributed by atoms with Gasteiger partial charge in [-0.05, 0) is 33.6 Å². The van der Waals surface area contributed by atoms with Gasteiger partial charge in [0.15, 0.2) is 17.6 Å². The number of phenolic OH excluding ortho intramolecular Hbond substituents is 1. The maximum atomic E-state index is 11.1. The first kappa shape index (κ1) is 14.7. The van der Waals surface area contributed by atoms with E-state index in [9.17, 15) is 20.1 Å². The SMILES string of the molecule is COC(=O)C(O)C(O)c1cc(Br)c(O)c(OC)c1. The van der Waals surface area contributed by atoms with Crippen LogP contribution in [-0.4, -0.2) is 41.6 Å². The fourth-order valence-corrected chi connectivity index (χ4v) is 1.81. The molecule has 18 heavy (non-hydrogen) atoms. The summed E-state index contributed by atoms with van der Waals surface area (Å²) in [4.78, 5) is 11.1. The van der Waals surface area contributed by atoms with Crippen molar-refractivity contribution in [1.29, 1.82) is 0 Å². The molecule has 0 radical (unpaired) electrons. The number of rotatable bonds is 4. The molecule has 0 bridgehead atoms. The maximum Gasteiger partial charge on any atom is 0.337 e. The zero-order chi connectivity index (χ0) is 13.9. The van der Waals surface area contributed by atoms with Crippen LogP contribution in [0.15, 0.2) is 16.6 Å². The molecular formula is C11H13BrO6. The van der Waals surface area contributed by atoms with Crippen molar-refractivity contribution >= 4 is 21.9 Å². The van der Waals surface area contributed by atoms with E-state index in [-0.39, 0.29) is 21.5 Å². The van der Waals surface area contributed by atoms with Gasteiger partial charge in [-0.2, -0.15) is 0 Å². The van der Waals surface area contributed by atoms with E-state index in [0.29, 0.717) is 0 Å². The summed E-state index contributed by atoms with van der Waals surface area (Å²) in [5.74, 6) is -0.984. The number of aliphatic hydroxyl groups is 2. The van der Waals surface area contributed by atoms with Crippen LogP contribution in [0.1, 0.15) is 11.7 Å². The third kappa shape index (κ3) is 2.92. The Labute approximate surface area is 112 Å². The molecule has 0 spiro atoms. The lowest BCUT2D eigenvalue weighted by Crippen LogP contribution is -2.29. The molecule has 100 valence electrons. The number of aromatic hydroxyl groups is 1. The van der Waals surface area contributed by atoms with E-state index in [1.54, 1.807) is 0 Å². The first-order valence-electron chi connectivity index (χ1n) is 4.92. The molecule has 0 fully saturated rings. The first-order valence-corrected chi connectivity index (χ1v) is 5.72. The van der Waals surface area contributed by atoms with Crippen LogP contribution in [0.4, 0.5) is 0 Å². The van der Waals surface area contributed by atoms with Crippen LogP contribution >= 0.6 is 15.9 Å². The summed E-state index contributed by atoms with van der Waals surface area (Å²) in [5, 5.41) is 28.9. The number of benzene rings is 1. The van der Waals surface area contributed by atoms with Gasteiger partial charge in [0, 0.05) is 0 Å². The number of ether oxygens (including phenoxy) is 2. The number of carbonyl (C=O) groups excluding carboxylic acids is 1. The Morgan fingerprint density at radius 3 is 2.44 bits per heavy atom. The average molecular weight is 321 g/mol. The van der Waals surface area contributed by atoms with Crippen molar-refractivity contribution in [2.45, 2.75) is 12.2 Å². The van der Waals surface area contributed by atoms with Gasteiger partial charge in [0.2, 0.25) is 0 Å². The van der Waals surface area contributed by atoms with E-state index < -0.39 is 18.2 Å². The lowest BCUT2D eigenvalue weighted by Gasteiger charge is -2.17. The van der Waals surface area contributed by atoms with Crippen LogP contribution in [-0.2, 0) is 9.53 Å². The molecule has 2 unspecified atom stereocenters.